The number of benzene rings is 2. The number of nitrogens with zero attached hydrogens (tertiary/aromatic N) is 2. The zero-order valence-electron chi connectivity index (χ0n) is 17.9. The van der Waals surface area contributed by atoms with Crippen molar-refractivity contribution in [3.05, 3.63) is 58.7 Å². The van der Waals surface area contributed by atoms with Crippen LogP contribution < -0.4 is 0 Å². The van der Waals surface area contributed by atoms with Crippen LogP contribution in [0.5, 0.6) is 5.88 Å². The number of fused-ring (bicyclic) bond motifs is 2. The molecule has 0 spiro atoms. The fraction of sp³-hybridized carbons (Fsp3) is 0.333. The van der Waals surface area contributed by atoms with Gasteiger partial charge in [0.05, 0.1) is 22.9 Å². The molecule has 0 amide bonds. The van der Waals surface area contributed by atoms with Gasteiger partial charge in [0.25, 0.3) is 0 Å². The third-order valence-electron chi connectivity index (χ3n) is 6.33. The van der Waals surface area contributed by atoms with E-state index in [0.717, 1.165) is 11.1 Å². The summed E-state index contributed by atoms with van der Waals surface area (Å²) in [6, 6.07) is 10.7. The summed E-state index contributed by atoms with van der Waals surface area (Å²) in [5.74, 6) is -0.600. The van der Waals surface area contributed by atoms with Crippen molar-refractivity contribution < 1.29 is 30.0 Å². The van der Waals surface area contributed by atoms with Crippen LogP contribution >= 0.6 is 0 Å². The number of rotatable bonds is 2. The molecule has 8 nitrogen and oxygen atoms in total. The topological polar surface area (TPSA) is 125 Å². The molecule has 2 aliphatic rings. The molecule has 1 aromatic heterocycles. The predicted molar refractivity (Wildman–Crippen MR) is 118 cm³/mol. The number of ether oxygens (including phenoxy) is 1. The van der Waals surface area contributed by atoms with Gasteiger partial charge in [-0.2, -0.15) is 0 Å². The molecule has 0 aliphatic carbocycles. The van der Waals surface area contributed by atoms with Crippen LogP contribution in [-0.4, -0.2) is 60.9 Å². The Morgan fingerprint density at radius 3 is 2.47 bits per heavy atom. The maximum absolute atomic E-state index is 13.2. The standard InChI is InChI=1S/C24H24N2O6/c1-10-8-11(2)16-15(9-10)26(24-22(30)21(29)19(27)12(3)32-24)23(31)17(16)18-20(28)13-6-4-5-7-14(13)25-18/h4-9,12,19,21-22,24,27,29-31H,1-3H3/t12-,19-,21+,22+,24-/m0/s1. The smallest absolute Gasteiger partial charge is 0.214 e. The van der Waals surface area contributed by atoms with Crippen LogP contribution in [0, 0.1) is 13.8 Å². The molecule has 4 N–H and O–H groups in total. The number of para-hydroxylation sites is 1. The van der Waals surface area contributed by atoms with Gasteiger partial charge >= 0.3 is 0 Å². The van der Waals surface area contributed by atoms with E-state index in [0.29, 0.717) is 22.2 Å². The molecule has 0 radical (unpaired) electrons. The second-order valence-electron chi connectivity index (χ2n) is 8.55. The number of hydrogen-bond acceptors (Lipinski definition) is 7. The van der Waals surface area contributed by atoms with Crippen LogP contribution in [0.15, 0.2) is 41.4 Å². The number of hydrogen-bond donors (Lipinski definition) is 4. The molecule has 1 saturated heterocycles. The molecule has 8 heteroatoms. The van der Waals surface area contributed by atoms with E-state index in [1.807, 2.05) is 26.0 Å². The lowest BCUT2D eigenvalue weighted by Gasteiger charge is -2.40. The van der Waals surface area contributed by atoms with Crippen molar-refractivity contribution >= 4 is 28.1 Å². The van der Waals surface area contributed by atoms with Crippen LogP contribution in [0.2, 0.25) is 0 Å². The Labute approximate surface area is 184 Å². The number of ketones is 1. The molecule has 1 fully saturated rings. The van der Waals surface area contributed by atoms with E-state index in [1.54, 1.807) is 31.2 Å². The molecule has 5 rings (SSSR count). The van der Waals surface area contributed by atoms with E-state index >= 15 is 0 Å². The summed E-state index contributed by atoms with van der Waals surface area (Å²) in [6.45, 7) is 5.34. The Bertz CT molecular complexity index is 1290. The Kier molecular flexibility index (Phi) is 4.72. The quantitative estimate of drug-likeness (QED) is 0.489. The Morgan fingerprint density at radius 2 is 1.75 bits per heavy atom. The van der Waals surface area contributed by atoms with Crippen molar-refractivity contribution in [1.29, 1.82) is 0 Å². The van der Waals surface area contributed by atoms with Crippen molar-refractivity contribution in [3.63, 3.8) is 0 Å². The molecule has 3 heterocycles. The summed E-state index contributed by atoms with van der Waals surface area (Å²) in [4.78, 5) is 17.7. The molecular weight excluding hydrogens is 412 g/mol. The van der Waals surface area contributed by atoms with E-state index in [-0.39, 0.29) is 22.9 Å². The Hall–Kier alpha value is -3.04. The lowest BCUT2D eigenvalue weighted by molar-refractivity contribution is -0.239. The molecule has 32 heavy (non-hydrogen) atoms. The van der Waals surface area contributed by atoms with Gasteiger partial charge < -0.3 is 25.2 Å². The van der Waals surface area contributed by atoms with E-state index < -0.39 is 30.6 Å². The summed E-state index contributed by atoms with van der Waals surface area (Å²) in [5.41, 5.74) is 3.59. The molecular formula is C24H24N2O6. The maximum atomic E-state index is 13.2. The van der Waals surface area contributed by atoms with Gasteiger partial charge in [0.2, 0.25) is 11.7 Å². The minimum atomic E-state index is -1.50. The second-order valence-corrected chi connectivity index (χ2v) is 8.55. The van der Waals surface area contributed by atoms with Gasteiger partial charge in [0, 0.05) is 10.9 Å². The Balaban J connectivity index is 1.77. The van der Waals surface area contributed by atoms with Crippen molar-refractivity contribution in [1.82, 2.24) is 4.57 Å². The van der Waals surface area contributed by atoms with Crippen LogP contribution in [0.25, 0.3) is 10.9 Å². The first-order valence-corrected chi connectivity index (χ1v) is 10.5. The molecule has 5 atom stereocenters. The van der Waals surface area contributed by atoms with Gasteiger partial charge in [-0.3, -0.25) is 9.36 Å². The van der Waals surface area contributed by atoms with E-state index in [2.05, 4.69) is 4.99 Å². The lowest BCUT2D eigenvalue weighted by Crippen LogP contribution is -2.54. The number of Topliss-reactive ketones (excluding diaryl/α,β-unsaturated/α-hetero) is 1. The van der Waals surface area contributed by atoms with E-state index in [9.17, 15) is 25.2 Å². The molecule has 2 aromatic carbocycles. The number of carbonyl (C=O) groups excluding carboxylic acids is 1. The first-order chi connectivity index (χ1) is 15.2. The fourth-order valence-corrected chi connectivity index (χ4v) is 4.76. The normalized spacial score (nSPS) is 27.6. The average molecular weight is 436 g/mol. The van der Waals surface area contributed by atoms with Gasteiger partial charge in [-0.25, -0.2) is 4.99 Å². The summed E-state index contributed by atoms with van der Waals surface area (Å²) in [7, 11) is 0. The molecule has 166 valence electrons. The first-order valence-electron chi connectivity index (χ1n) is 10.5. The van der Waals surface area contributed by atoms with E-state index in [4.69, 9.17) is 4.74 Å². The average Bonchev–Trinajstić information content (AvgIpc) is 3.23. The van der Waals surface area contributed by atoms with Crippen molar-refractivity contribution in [2.45, 2.75) is 51.4 Å². The van der Waals surface area contributed by atoms with Crippen molar-refractivity contribution in [2.75, 3.05) is 0 Å². The maximum Gasteiger partial charge on any atom is 0.214 e. The summed E-state index contributed by atoms with van der Waals surface area (Å²) in [5, 5.41) is 43.1. The third kappa shape index (κ3) is 2.84. The number of aliphatic hydroxyl groups is 3. The highest BCUT2D eigenvalue weighted by Gasteiger charge is 2.45. The largest absolute Gasteiger partial charge is 0.494 e. The minimum Gasteiger partial charge on any atom is -0.494 e. The minimum absolute atomic E-state index is 0.110. The second kappa shape index (κ2) is 7.25. The third-order valence-corrected chi connectivity index (χ3v) is 6.33. The SMILES string of the molecule is Cc1cc(C)c2c(C3=Nc4ccccc4C3=O)c(O)n([C@H]3O[C@@H](C)[C@H](O)[C@@H](O)[C@H]3O)c2c1. The molecule has 3 aromatic rings. The fourth-order valence-electron chi connectivity index (χ4n) is 4.76. The monoisotopic (exact) mass is 436 g/mol. The highest BCUT2D eigenvalue weighted by atomic mass is 16.5. The summed E-state index contributed by atoms with van der Waals surface area (Å²) >= 11 is 0. The number of aromatic nitrogens is 1. The number of carbonyl (C=O) groups is 1. The zero-order valence-corrected chi connectivity index (χ0v) is 17.9. The van der Waals surface area contributed by atoms with Crippen LogP contribution in [0.4, 0.5) is 5.69 Å². The summed E-state index contributed by atoms with van der Waals surface area (Å²) in [6.07, 6.45) is -6.22. The number of aliphatic hydroxyl groups excluding tert-OH is 3. The first kappa shape index (κ1) is 20.8. The molecule has 0 bridgehead atoms. The highest BCUT2D eigenvalue weighted by Crippen LogP contribution is 2.43. The van der Waals surface area contributed by atoms with Gasteiger partial charge in [0.1, 0.15) is 24.0 Å². The Morgan fingerprint density at radius 1 is 1.03 bits per heavy atom. The molecule has 0 unspecified atom stereocenters. The molecule has 0 saturated carbocycles. The van der Waals surface area contributed by atoms with E-state index in [1.165, 1.54) is 4.57 Å². The van der Waals surface area contributed by atoms with Gasteiger partial charge in [-0.15, -0.1) is 0 Å². The van der Waals surface area contributed by atoms with Crippen molar-refractivity contribution in [3.8, 4) is 5.88 Å². The van der Waals surface area contributed by atoms with Gasteiger partial charge in [0.15, 0.2) is 6.23 Å². The van der Waals surface area contributed by atoms with Crippen molar-refractivity contribution in [2.24, 2.45) is 4.99 Å². The molecule has 2 aliphatic heterocycles. The summed E-state index contributed by atoms with van der Waals surface area (Å²) < 4.78 is 7.19. The van der Waals surface area contributed by atoms with Crippen LogP contribution in [0.3, 0.4) is 0 Å². The highest BCUT2D eigenvalue weighted by molar-refractivity contribution is 6.56. The zero-order chi connectivity index (χ0) is 22.9. The van der Waals surface area contributed by atoms with Crippen LogP contribution in [-0.2, 0) is 4.74 Å². The van der Waals surface area contributed by atoms with Crippen LogP contribution in [0.1, 0.15) is 40.2 Å². The number of aromatic hydroxyl groups is 1. The van der Waals surface area contributed by atoms with Gasteiger partial charge in [-0.05, 0) is 50.1 Å². The lowest BCUT2D eigenvalue weighted by atomic mass is 9.98. The predicted octanol–water partition coefficient (Wildman–Crippen LogP) is 2.28. The number of aliphatic imine (C=N–C) groups is 1. The number of aryl methyl sites for hydroxylation is 2. The van der Waals surface area contributed by atoms with Gasteiger partial charge in [-0.1, -0.05) is 18.2 Å².